The number of aryl methyl sites for hydroxylation is 1. The first-order valence-electron chi connectivity index (χ1n) is 8.10. The summed E-state index contributed by atoms with van der Waals surface area (Å²) in [6.45, 7) is 5.92. The van der Waals surface area contributed by atoms with Gasteiger partial charge in [-0.1, -0.05) is 33.6 Å². The summed E-state index contributed by atoms with van der Waals surface area (Å²) in [5.41, 5.74) is 3.57. The van der Waals surface area contributed by atoms with Crippen LogP contribution in [0.25, 0.3) is 0 Å². The summed E-state index contributed by atoms with van der Waals surface area (Å²) < 4.78 is 6.41. The van der Waals surface area contributed by atoms with Crippen LogP contribution in [0.4, 0.5) is 5.69 Å². The Kier molecular flexibility index (Phi) is 5.41. The summed E-state index contributed by atoms with van der Waals surface area (Å²) in [6.07, 6.45) is 1.88. The standard InChI is InChI=1S/C19H22BrN3O/c1-15-3-6-18(7-4-15)22-9-11-23(12-10-22)21-14-16-13-17(20)5-8-19(16)24-2/h3-8,13-14H,9-12H2,1-2H3/b21-14+. The van der Waals surface area contributed by atoms with E-state index in [2.05, 4.69) is 62.1 Å². The van der Waals surface area contributed by atoms with Crippen molar-refractivity contribution in [2.75, 3.05) is 38.2 Å². The fourth-order valence-electron chi connectivity index (χ4n) is 2.78. The van der Waals surface area contributed by atoms with Gasteiger partial charge in [0.15, 0.2) is 0 Å². The van der Waals surface area contributed by atoms with Crippen molar-refractivity contribution in [2.45, 2.75) is 6.92 Å². The predicted molar refractivity (Wildman–Crippen MR) is 103 cm³/mol. The number of ether oxygens (including phenoxy) is 1. The lowest BCUT2D eigenvalue weighted by Crippen LogP contribution is -2.44. The third-order valence-corrected chi connectivity index (χ3v) is 4.70. The second kappa shape index (κ2) is 7.71. The van der Waals surface area contributed by atoms with Crippen LogP contribution in [-0.4, -0.2) is 44.5 Å². The molecule has 0 unspecified atom stereocenters. The van der Waals surface area contributed by atoms with Gasteiger partial charge in [0, 0.05) is 28.8 Å². The van der Waals surface area contributed by atoms with E-state index in [1.807, 2.05) is 24.4 Å². The number of benzene rings is 2. The highest BCUT2D eigenvalue weighted by molar-refractivity contribution is 9.10. The summed E-state index contributed by atoms with van der Waals surface area (Å²) in [5, 5.41) is 6.74. The van der Waals surface area contributed by atoms with Crippen molar-refractivity contribution in [1.82, 2.24) is 5.01 Å². The van der Waals surface area contributed by atoms with Crippen LogP contribution in [-0.2, 0) is 0 Å². The van der Waals surface area contributed by atoms with Crippen molar-refractivity contribution < 1.29 is 4.74 Å². The molecule has 2 aromatic rings. The number of methoxy groups -OCH3 is 1. The Balaban J connectivity index is 1.61. The van der Waals surface area contributed by atoms with Gasteiger partial charge in [-0.15, -0.1) is 0 Å². The minimum absolute atomic E-state index is 0.834. The number of hydrazone groups is 1. The Morgan fingerprint density at radius 2 is 1.75 bits per heavy atom. The molecule has 126 valence electrons. The van der Waals surface area contributed by atoms with E-state index >= 15 is 0 Å². The maximum absolute atomic E-state index is 5.39. The molecule has 0 radical (unpaired) electrons. The molecule has 0 bridgehead atoms. The van der Waals surface area contributed by atoms with E-state index in [1.54, 1.807) is 7.11 Å². The molecule has 0 N–H and O–H groups in total. The average Bonchev–Trinajstić information content (AvgIpc) is 2.61. The first-order valence-corrected chi connectivity index (χ1v) is 8.89. The van der Waals surface area contributed by atoms with E-state index in [9.17, 15) is 0 Å². The Hall–Kier alpha value is -2.01. The summed E-state index contributed by atoms with van der Waals surface area (Å²) in [6, 6.07) is 14.7. The second-order valence-corrected chi connectivity index (χ2v) is 6.82. The van der Waals surface area contributed by atoms with Crippen molar-refractivity contribution in [2.24, 2.45) is 5.10 Å². The number of anilines is 1. The zero-order valence-electron chi connectivity index (χ0n) is 14.1. The highest BCUT2D eigenvalue weighted by Gasteiger charge is 2.15. The molecule has 0 aromatic heterocycles. The van der Waals surface area contributed by atoms with E-state index in [1.165, 1.54) is 11.3 Å². The van der Waals surface area contributed by atoms with E-state index in [0.717, 1.165) is 42.0 Å². The van der Waals surface area contributed by atoms with Gasteiger partial charge in [0.2, 0.25) is 0 Å². The Morgan fingerprint density at radius 1 is 1.04 bits per heavy atom. The molecule has 0 saturated carbocycles. The highest BCUT2D eigenvalue weighted by atomic mass is 79.9. The summed E-state index contributed by atoms with van der Waals surface area (Å²) in [7, 11) is 1.68. The maximum Gasteiger partial charge on any atom is 0.127 e. The second-order valence-electron chi connectivity index (χ2n) is 5.91. The summed E-state index contributed by atoms with van der Waals surface area (Å²) in [5.74, 6) is 0.834. The molecule has 1 aliphatic rings. The monoisotopic (exact) mass is 387 g/mol. The number of piperazine rings is 1. The normalized spacial score (nSPS) is 15.1. The lowest BCUT2D eigenvalue weighted by molar-refractivity contribution is 0.272. The summed E-state index contributed by atoms with van der Waals surface area (Å²) >= 11 is 3.49. The van der Waals surface area contributed by atoms with Crippen molar-refractivity contribution in [3.05, 3.63) is 58.1 Å². The minimum Gasteiger partial charge on any atom is -0.496 e. The molecule has 0 amide bonds. The van der Waals surface area contributed by atoms with Crippen LogP contribution < -0.4 is 9.64 Å². The van der Waals surface area contributed by atoms with Crippen molar-refractivity contribution in [3.8, 4) is 5.75 Å². The molecule has 5 heteroatoms. The van der Waals surface area contributed by atoms with Crippen molar-refractivity contribution in [3.63, 3.8) is 0 Å². The van der Waals surface area contributed by atoms with Gasteiger partial charge in [0.1, 0.15) is 5.75 Å². The van der Waals surface area contributed by atoms with Gasteiger partial charge in [0.05, 0.1) is 26.4 Å². The van der Waals surface area contributed by atoms with E-state index in [4.69, 9.17) is 4.74 Å². The number of nitrogens with zero attached hydrogens (tertiary/aromatic N) is 3. The molecule has 1 fully saturated rings. The molecular weight excluding hydrogens is 366 g/mol. The topological polar surface area (TPSA) is 28.1 Å². The average molecular weight is 388 g/mol. The Morgan fingerprint density at radius 3 is 2.42 bits per heavy atom. The molecule has 0 spiro atoms. The van der Waals surface area contributed by atoms with Gasteiger partial charge in [-0.05, 0) is 37.3 Å². The number of hydrogen-bond donors (Lipinski definition) is 0. The van der Waals surface area contributed by atoms with Crippen LogP contribution in [0.2, 0.25) is 0 Å². The molecule has 1 heterocycles. The first-order chi connectivity index (χ1) is 11.7. The fourth-order valence-corrected chi connectivity index (χ4v) is 3.15. The molecule has 0 atom stereocenters. The number of halogens is 1. The molecule has 3 rings (SSSR count). The maximum atomic E-state index is 5.39. The van der Waals surface area contributed by atoms with Crippen molar-refractivity contribution >= 4 is 27.8 Å². The van der Waals surface area contributed by atoms with Gasteiger partial charge in [0.25, 0.3) is 0 Å². The minimum atomic E-state index is 0.834. The van der Waals surface area contributed by atoms with Crippen LogP contribution in [0.3, 0.4) is 0 Å². The molecule has 2 aromatic carbocycles. The van der Waals surface area contributed by atoms with E-state index in [-0.39, 0.29) is 0 Å². The van der Waals surface area contributed by atoms with Gasteiger partial charge in [-0.3, -0.25) is 5.01 Å². The van der Waals surface area contributed by atoms with Gasteiger partial charge in [-0.2, -0.15) is 5.10 Å². The predicted octanol–water partition coefficient (Wildman–Crippen LogP) is 3.92. The third kappa shape index (κ3) is 4.09. The Labute approximate surface area is 151 Å². The van der Waals surface area contributed by atoms with E-state index < -0.39 is 0 Å². The van der Waals surface area contributed by atoms with Crippen LogP contribution in [0.5, 0.6) is 5.75 Å². The van der Waals surface area contributed by atoms with E-state index in [0.29, 0.717) is 0 Å². The first kappa shape index (κ1) is 16.8. The molecule has 4 nitrogen and oxygen atoms in total. The van der Waals surface area contributed by atoms with Gasteiger partial charge < -0.3 is 9.64 Å². The SMILES string of the molecule is COc1ccc(Br)cc1/C=N/N1CCN(c2ccc(C)cc2)CC1. The molecule has 1 saturated heterocycles. The fraction of sp³-hybridized carbons (Fsp3) is 0.316. The smallest absolute Gasteiger partial charge is 0.127 e. The summed E-state index contributed by atoms with van der Waals surface area (Å²) in [4.78, 5) is 2.41. The van der Waals surface area contributed by atoms with Crippen LogP contribution in [0.1, 0.15) is 11.1 Å². The lowest BCUT2D eigenvalue weighted by Gasteiger charge is -2.34. The third-order valence-electron chi connectivity index (χ3n) is 4.21. The molecular formula is C19H22BrN3O. The van der Waals surface area contributed by atoms with Gasteiger partial charge >= 0.3 is 0 Å². The van der Waals surface area contributed by atoms with Crippen LogP contribution >= 0.6 is 15.9 Å². The Bertz CT molecular complexity index is 707. The van der Waals surface area contributed by atoms with Crippen LogP contribution in [0.15, 0.2) is 52.0 Å². The van der Waals surface area contributed by atoms with Crippen LogP contribution in [0, 0.1) is 6.92 Å². The molecule has 0 aliphatic carbocycles. The highest BCUT2D eigenvalue weighted by Crippen LogP contribution is 2.22. The van der Waals surface area contributed by atoms with Gasteiger partial charge in [-0.25, -0.2) is 0 Å². The quantitative estimate of drug-likeness (QED) is 0.744. The number of hydrogen-bond acceptors (Lipinski definition) is 4. The molecule has 1 aliphatic heterocycles. The molecule has 24 heavy (non-hydrogen) atoms. The zero-order valence-corrected chi connectivity index (χ0v) is 15.7. The zero-order chi connectivity index (χ0) is 16.9. The van der Waals surface area contributed by atoms with Crippen molar-refractivity contribution in [1.29, 1.82) is 0 Å². The number of rotatable bonds is 4. The lowest BCUT2D eigenvalue weighted by atomic mass is 10.2. The largest absolute Gasteiger partial charge is 0.496 e.